The molecule has 2 rings (SSSR count). The maximum Gasteiger partial charge on any atom is 0.313 e. The molecule has 4 heteroatoms. The minimum absolute atomic E-state index is 0.132. The van der Waals surface area contributed by atoms with Crippen LogP contribution in [-0.2, 0) is 4.79 Å². The zero-order chi connectivity index (χ0) is 15.9. The smallest absolute Gasteiger partial charge is 0.313 e. The highest BCUT2D eigenvalue weighted by Crippen LogP contribution is 2.51. The van der Waals surface area contributed by atoms with Crippen LogP contribution in [0.2, 0.25) is 0 Å². The molecule has 1 aliphatic rings. The van der Waals surface area contributed by atoms with Gasteiger partial charge in [0.2, 0.25) is 0 Å². The lowest BCUT2D eigenvalue weighted by Crippen LogP contribution is -2.16. The van der Waals surface area contributed by atoms with Gasteiger partial charge in [0.1, 0.15) is 11.5 Å². The quantitative estimate of drug-likeness (QED) is 0.602. The predicted octanol–water partition coefficient (Wildman–Crippen LogP) is 4.64. The molecule has 0 amide bonds. The van der Waals surface area contributed by atoms with Crippen molar-refractivity contribution < 1.29 is 14.3 Å². The Kier molecular flexibility index (Phi) is 4.57. The van der Waals surface area contributed by atoms with Gasteiger partial charge in [0, 0.05) is 11.5 Å². The number of carbonyl (C=O) groups is 1. The van der Waals surface area contributed by atoms with E-state index in [2.05, 4.69) is 13.8 Å². The summed E-state index contributed by atoms with van der Waals surface area (Å²) in [7, 11) is 0. The van der Waals surface area contributed by atoms with Crippen LogP contribution >= 0.6 is 11.8 Å². The fourth-order valence-electron chi connectivity index (χ4n) is 2.25. The van der Waals surface area contributed by atoms with Crippen LogP contribution in [0, 0.1) is 32.6 Å². The number of thioether (sulfide) groups is 1. The molecule has 116 valence electrons. The van der Waals surface area contributed by atoms with Crippen LogP contribution in [0.25, 0.3) is 0 Å². The van der Waals surface area contributed by atoms with E-state index in [1.54, 1.807) is 11.8 Å². The van der Waals surface area contributed by atoms with E-state index in [-0.39, 0.29) is 17.3 Å². The summed E-state index contributed by atoms with van der Waals surface area (Å²) in [4.78, 5) is 13.1. The fourth-order valence-corrected chi connectivity index (χ4v) is 3.48. The van der Waals surface area contributed by atoms with Gasteiger partial charge >= 0.3 is 5.97 Å². The zero-order valence-corrected chi connectivity index (χ0v) is 14.7. The Hall–Kier alpha value is -1.16. The summed E-state index contributed by atoms with van der Waals surface area (Å²) < 4.78 is 11.7. The van der Waals surface area contributed by atoms with Crippen LogP contribution in [0.5, 0.6) is 11.5 Å². The van der Waals surface area contributed by atoms with Gasteiger partial charge in [-0.1, -0.05) is 39.5 Å². The van der Waals surface area contributed by atoms with E-state index in [1.165, 1.54) is 0 Å². The first-order valence-corrected chi connectivity index (χ1v) is 8.30. The molecule has 0 fully saturated rings. The summed E-state index contributed by atoms with van der Waals surface area (Å²) in [6.07, 6.45) is 0. The number of rotatable bonds is 3. The van der Waals surface area contributed by atoms with Crippen LogP contribution in [0.3, 0.4) is 0 Å². The summed E-state index contributed by atoms with van der Waals surface area (Å²) in [5.74, 6) is 1.77. The summed E-state index contributed by atoms with van der Waals surface area (Å²) in [6.45, 7) is 14.0. The Bertz CT molecular complexity index is 576. The van der Waals surface area contributed by atoms with Gasteiger partial charge in [-0.2, -0.15) is 0 Å². The van der Waals surface area contributed by atoms with Crippen LogP contribution in [0.15, 0.2) is 4.90 Å². The lowest BCUT2D eigenvalue weighted by Gasteiger charge is -2.17. The second-order valence-electron chi connectivity index (χ2n) is 6.29. The molecule has 1 aromatic rings. The minimum atomic E-state index is -0.190. The van der Waals surface area contributed by atoms with Crippen LogP contribution in [-0.4, -0.2) is 11.4 Å². The monoisotopic (exact) mass is 308 g/mol. The Morgan fingerprint density at radius 2 is 1.71 bits per heavy atom. The molecular formula is C17H24O3S. The van der Waals surface area contributed by atoms with Gasteiger partial charge in [0.15, 0.2) is 5.44 Å². The van der Waals surface area contributed by atoms with Crippen molar-refractivity contribution in [2.45, 2.75) is 58.8 Å². The molecule has 0 saturated heterocycles. The molecule has 0 aromatic heterocycles. The molecule has 0 N–H and O–H groups in total. The van der Waals surface area contributed by atoms with Gasteiger partial charge in [0.05, 0.1) is 10.8 Å². The molecule has 3 nitrogen and oxygen atoms in total. The van der Waals surface area contributed by atoms with Crippen LogP contribution in [0.4, 0.5) is 0 Å². The summed E-state index contributed by atoms with van der Waals surface area (Å²) in [5, 5.41) is 0. The van der Waals surface area contributed by atoms with Crippen molar-refractivity contribution in [1.82, 2.24) is 0 Å². The topological polar surface area (TPSA) is 35.5 Å². The van der Waals surface area contributed by atoms with Gasteiger partial charge in [-0.25, -0.2) is 0 Å². The number of fused-ring (bicyclic) bond motifs is 1. The van der Waals surface area contributed by atoms with Crippen molar-refractivity contribution in [3.8, 4) is 11.5 Å². The van der Waals surface area contributed by atoms with E-state index in [1.807, 2.05) is 34.6 Å². The second kappa shape index (κ2) is 5.91. The number of esters is 1. The summed E-state index contributed by atoms with van der Waals surface area (Å²) in [6, 6.07) is 0. The van der Waals surface area contributed by atoms with Gasteiger partial charge in [-0.15, -0.1) is 0 Å². The first-order chi connectivity index (χ1) is 9.73. The minimum Gasteiger partial charge on any atom is -0.478 e. The van der Waals surface area contributed by atoms with Crippen molar-refractivity contribution in [2.75, 3.05) is 0 Å². The normalized spacial score (nSPS) is 17.1. The first-order valence-electron chi connectivity index (χ1n) is 7.42. The van der Waals surface area contributed by atoms with Gasteiger partial charge in [-0.05, 0) is 31.9 Å². The number of ether oxygens (including phenoxy) is 2. The average Bonchev–Trinajstić information content (AvgIpc) is 2.86. The van der Waals surface area contributed by atoms with Crippen molar-refractivity contribution >= 4 is 17.7 Å². The van der Waals surface area contributed by atoms with E-state index >= 15 is 0 Å². The molecule has 0 saturated carbocycles. The highest BCUT2D eigenvalue weighted by Gasteiger charge is 2.32. The largest absolute Gasteiger partial charge is 0.478 e. The summed E-state index contributed by atoms with van der Waals surface area (Å²) in [5.41, 5.74) is 3.20. The number of hydrogen-bond donors (Lipinski definition) is 0. The molecule has 0 spiro atoms. The molecule has 0 radical (unpaired) electrons. The Labute approximate surface area is 131 Å². The molecule has 1 aliphatic heterocycles. The zero-order valence-electron chi connectivity index (χ0n) is 13.9. The lowest BCUT2D eigenvalue weighted by molar-refractivity contribution is -0.137. The summed E-state index contributed by atoms with van der Waals surface area (Å²) >= 11 is 1.73. The Morgan fingerprint density at radius 3 is 2.24 bits per heavy atom. The van der Waals surface area contributed by atoms with Crippen molar-refractivity contribution in [1.29, 1.82) is 0 Å². The number of carbonyl (C=O) groups excluding carboxylic acids is 1. The third kappa shape index (κ3) is 2.91. The molecular weight excluding hydrogens is 284 g/mol. The molecule has 1 unspecified atom stereocenters. The number of hydrogen-bond acceptors (Lipinski definition) is 4. The maximum absolute atomic E-state index is 11.9. The third-order valence-corrected chi connectivity index (χ3v) is 5.42. The maximum atomic E-state index is 11.9. The molecule has 1 aromatic carbocycles. The molecule has 0 bridgehead atoms. The van der Waals surface area contributed by atoms with E-state index in [9.17, 15) is 4.79 Å². The number of benzene rings is 1. The molecule has 1 heterocycles. The van der Waals surface area contributed by atoms with E-state index in [4.69, 9.17) is 9.47 Å². The predicted molar refractivity (Wildman–Crippen MR) is 86.2 cm³/mol. The second-order valence-corrected chi connectivity index (χ2v) is 7.39. The van der Waals surface area contributed by atoms with Gasteiger partial charge in [0.25, 0.3) is 0 Å². The molecule has 0 aliphatic carbocycles. The third-order valence-electron chi connectivity index (χ3n) is 3.82. The van der Waals surface area contributed by atoms with E-state index < -0.39 is 0 Å². The molecule has 21 heavy (non-hydrogen) atoms. The van der Waals surface area contributed by atoms with E-state index in [0.717, 1.165) is 27.3 Å². The standard InChI is InChI=1S/C17H24O3S/c1-8(2)16(18)19-13-10(5)11(6)14-15(12(13)7)21-17(20-14)9(3)4/h8-9,17H,1-7H3. The fraction of sp³-hybridized carbons (Fsp3) is 0.588. The van der Waals surface area contributed by atoms with Crippen molar-refractivity contribution in [2.24, 2.45) is 11.8 Å². The highest BCUT2D eigenvalue weighted by atomic mass is 32.2. The SMILES string of the molecule is Cc1c(C)c2c(c(C)c1OC(=O)C(C)C)SC(C(C)C)O2. The lowest BCUT2D eigenvalue weighted by atomic mass is 10.0. The Morgan fingerprint density at radius 1 is 1.10 bits per heavy atom. The first kappa shape index (κ1) is 16.2. The van der Waals surface area contributed by atoms with Gasteiger partial charge in [-0.3, -0.25) is 4.79 Å². The van der Waals surface area contributed by atoms with Crippen molar-refractivity contribution in [3.05, 3.63) is 16.7 Å². The van der Waals surface area contributed by atoms with Crippen LogP contribution in [0.1, 0.15) is 44.4 Å². The van der Waals surface area contributed by atoms with Crippen LogP contribution < -0.4 is 9.47 Å². The van der Waals surface area contributed by atoms with Gasteiger partial charge < -0.3 is 9.47 Å². The van der Waals surface area contributed by atoms with E-state index in [0.29, 0.717) is 11.7 Å². The van der Waals surface area contributed by atoms with Crippen molar-refractivity contribution in [3.63, 3.8) is 0 Å². The average molecular weight is 308 g/mol. The molecule has 1 atom stereocenters. The Balaban J connectivity index is 2.45. The highest BCUT2D eigenvalue weighted by molar-refractivity contribution is 8.00.